The molecule has 100 valence electrons. The first-order chi connectivity index (χ1) is 9.14. The quantitative estimate of drug-likeness (QED) is 0.729. The zero-order valence-corrected chi connectivity index (χ0v) is 10.7. The minimum Gasteiger partial charge on any atom is -0.274 e. The number of halogens is 1. The van der Waals surface area contributed by atoms with Gasteiger partial charge in [0.15, 0.2) is 0 Å². The molecule has 0 unspecified atom stereocenters. The Hall–Kier alpha value is -1.71. The van der Waals surface area contributed by atoms with Crippen LogP contribution in [-0.4, -0.2) is 11.8 Å². The van der Waals surface area contributed by atoms with Crippen LogP contribution < -0.4 is 4.90 Å². The van der Waals surface area contributed by atoms with Crippen LogP contribution in [0.1, 0.15) is 38.5 Å². The number of imide groups is 1. The Labute approximate surface area is 111 Å². The Morgan fingerprint density at radius 3 is 2.42 bits per heavy atom. The second kappa shape index (κ2) is 4.44. The standard InChI is InChI=1S/C15H16FNO2/c16-11-6-2-3-7-12(11)17-13(18)10-15(14(17)19)8-4-1-5-9-15/h2-3,6-7H,1,4-5,8-10H2. The highest BCUT2D eigenvalue weighted by Crippen LogP contribution is 2.46. The largest absolute Gasteiger partial charge is 0.274 e. The van der Waals surface area contributed by atoms with Crippen molar-refractivity contribution in [3.05, 3.63) is 30.1 Å². The van der Waals surface area contributed by atoms with E-state index in [-0.39, 0.29) is 23.9 Å². The predicted molar refractivity (Wildman–Crippen MR) is 69.0 cm³/mol. The van der Waals surface area contributed by atoms with Crippen molar-refractivity contribution in [1.82, 2.24) is 0 Å². The van der Waals surface area contributed by atoms with E-state index >= 15 is 0 Å². The summed E-state index contributed by atoms with van der Waals surface area (Å²) in [4.78, 5) is 25.8. The number of hydrogen-bond donors (Lipinski definition) is 0. The van der Waals surface area contributed by atoms with Gasteiger partial charge in [-0.1, -0.05) is 31.4 Å². The topological polar surface area (TPSA) is 37.4 Å². The fraction of sp³-hybridized carbons (Fsp3) is 0.467. The molecule has 19 heavy (non-hydrogen) atoms. The fourth-order valence-electron chi connectivity index (χ4n) is 3.29. The van der Waals surface area contributed by atoms with Crippen molar-refractivity contribution in [3.63, 3.8) is 0 Å². The van der Waals surface area contributed by atoms with E-state index in [4.69, 9.17) is 0 Å². The summed E-state index contributed by atoms with van der Waals surface area (Å²) in [5, 5.41) is 0. The molecular formula is C15H16FNO2. The minimum absolute atomic E-state index is 0.0972. The molecule has 2 amide bonds. The summed E-state index contributed by atoms with van der Waals surface area (Å²) >= 11 is 0. The highest BCUT2D eigenvalue weighted by molar-refractivity contribution is 6.22. The average molecular weight is 261 g/mol. The molecule has 2 aliphatic rings. The maximum Gasteiger partial charge on any atom is 0.240 e. The van der Waals surface area contributed by atoms with Gasteiger partial charge in [-0.15, -0.1) is 0 Å². The Kier molecular flexibility index (Phi) is 2.88. The van der Waals surface area contributed by atoms with Crippen molar-refractivity contribution in [1.29, 1.82) is 0 Å². The predicted octanol–water partition coefficient (Wildman–Crippen LogP) is 3.04. The Morgan fingerprint density at radius 1 is 1.05 bits per heavy atom. The number of para-hydroxylation sites is 1. The average Bonchev–Trinajstić information content (AvgIpc) is 2.63. The Morgan fingerprint density at radius 2 is 1.74 bits per heavy atom. The van der Waals surface area contributed by atoms with Crippen LogP contribution in [0.4, 0.5) is 10.1 Å². The molecule has 0 atom stereocenters. The lowest BCUT2D eigenvalue weighted by atomic mass is 9.73. The van der Waals surface area contributed by atoms with E-state index in [2.05, 4.69) is 0 Å². The van der Waals surface area contributed by atoms with Gasteiger partial charge in [-0.25, -0.2) is 9.29 Å². The van der Waals surface area contributed by atoms with Gasteiger partial charge in [0.05, 0.1) is 11.1 Å². The van der Waals surface area contributed by atoms with Crippen molar-refractivity contribution < 1.29 is 14.0 Å². The summed E-state index contributed by atoms with van der Waals surface area (Å²) in [5.41, 5.74) is -0.461. The number of hydrogen-bond acceptors (Lipinski definition) is 2. The molecular weight excluding hydrogens is 245 g/mol. The van der Waals surface area contributed by atoms with Crippen LogP contribution in [0.15, 0.2) is 24.3 Å². The Balaban J connectivity index is 1.98. The SMILES string of the molecule is O=C1CC2(CCCCC2)C(=O)N1c1ccccc1F. The smallest absolute Gasteiger partial charge is 0.240 e. The normalized spacial score (nSPS) is 22.3. The third kappa shape index (κ3) is 1.86. The number of carbonyl (C=O) groups excluding carboxylic acids is 2. The van der Waals surface area contributed by atoms with Crippen LogP contribution in [0.3, 0.4) is 0 Å². The van der Waals surface area contributed by atoms with Crippen LogP contribution >= 0.6 is 0 Å². The van der Waals surface area contributed by atoms with E-state index in [9.17, 15) is 14.0 Å². The molecule has 1 spiro atoms. The van der Waals surface area contributed by atoms with Gasteiger partial charge in [0, 0.05) is 6.42 Å². The molecule has 1 aliphatic heterocycles. The van der Waals surface area contributed by atoms with Crippen molar-refractivity contribution in [2.75, 3.05) is 4.90 Å². The van der Waals surface area contributed by atoms with E-state index < -0.39 is 11.2 Å². The number of carbonyl (C=O) groups is 2. The molecule has 1 saturated carbocycles. The van der Waals surface area contributed by atoms with Gasteiger partial charge in [0.2, 0.25) is 11.8 Å². The number of rotatable bonds is 1. The molecule has 0 radical (unpaired) electrons. The van der Waals surface area contributed by atoms with Crippen molar-refractivity contribution in [2.24, 2.45) is 5.41 Å². The summed E-state index contributed by atoms with van der Waals surface area (Å²) in [5.74, 6) is -0.989. The Bertz CT molecular complexity index is 535. The maximum absolute atomic E-state index is 13.8. The van der Waals surface area contributed by atoms with Gasteiger partial charge in [-0.3, -0.25) is 9.59 Å². The summed E-state index contributed by atoms with van der Waals surface area (Å²) in [6, 6.07) is 5.97. The molecule has 0 aromatic heterocycles. The highest BCUT2D eigenvalue weighted by atomic mass is 19.1. The molecule has 0 bridgehead atoms. The van der Waals surface area contributed by atoms with Gasteiger partial charge in [-0.05, 0) is 25.0 Å². The van der Waals surface area contributed by atoms with Crippen molar-refractivity contribution in [2.45, 2.75) is 38.5 Å². The van der Waals surface area contributed by atoms with E-state index in [1.165, 1.54) is 12.1 Å². The first kappa shape index (κ1) is 12.3. The van der Waals surface area contributed by atoms with Gasteiger partial charge in [0.1, 0.15) is 5.82 Å². The monoisotopic (exact) mass is 261 g/mol. The molecule has 3 rings (SSSR count). The van der Waals surface area contributed by atoms with Gasteiger partial charge in [0.25, 0.3) is 0 Å². The third-order valence-corrected chi connectivity index (χ3v) is 4.30. The number of anilines is 1. The molecule has 1 heterocycles. The second-order valence-electron chi connectivity index (χ2n) is 5.50. The van der Waals surface area contributed by atoms with E-state index in [1.54, 1.807) is 12.1 Å². The second-order valence-corrected chi connectivity index (χ2v) is 5.50. The van der Waals surface area contributed by atoms with Crippen LogP contribution in [0.25, 0.3) is 0 Å². The van der Waals surface area contributed by atoms with Crippen molar-refractivity contribution >= 4 is 17.5 Å². The summed E-state index contributed by atoms with van der Waals surface area (Å²) in [7, 11) is 0. The summed E-state index contributed by atoms with van der Waals surface area (Å²) < 4.78 is 13.8. The van der Waals surface area contributed by atoms with Gasteiger partial charge in [-0.2, -0.15) is 0 Å². The molecule has 2 fully saturated rings. The van der Waals surface area contributed by atoms with E-state index in [0.29, 0.717) is 0 Å². The van der Waals surface area contributed by atoms with Crippen LogP contribution in [0, 0.1) is 11.2 Å². The molecule has 1 aliphatic carbocycles. The lowest BCUT2D eigenvalue weighted by Crippen LogP contribution is -2.37. The van der Waals surface area contributed by atoms with E-state index in [0.717, 1.165) is 37.0 Å². The molecule has 3 nitrogen and oxygen atoms in total. The number of amides is 2. The highest BCUT2D eigenvalue weighted by Gasteiger charge is 2.52. The zero-order chi connectivity index (χ0) is 13.5. The van der Waals surface area contributed by atoms with Crippen molar-refractivity contribution in [3.8, 4) is 0 Å². The van der Waals surface area contributed by atoms with E-state index in [1.807, 2.05) is 0 Å². The molecule has 0 N–H and O–H groups in total. The number of nitrogens with zero attached hydrogens (tertiary/aromatic N) is 1. The molecule has 4 heteroatoms. The lowest BCUT2D eigenvalue weighted by molar-refractivity contribution is -0.127. The van der Waals surface area contributed by atoms with Crippen LogP contribution in [0.2, 0.25) is 0 Å². The van der Waals surface area contributed by atoms with Gasteiger partial charge >= 0.3 is 0 Å². The van der Waals surface area contributed by atoms with Crippen LogP contribution in [-0.2, 0) is 9.59 Å². The molecule has 1 aromatic rings. The summed E-state index contributed by atoms with van der Waals surface area (Å²) in [6.45, 7) is 0. The first-order valence-electron chi connectivity index (χ1n) is 6.76. The minimum atomic E-state index is -0.558. The van der Waals surface area contributed by atoms with Crippen LogP contribution in [0.5, 0.6) is 0 Å². The fourth-order valence-corrected chi connectivity index (χ4v) is 3.29. The first-order valence-corrected chi connectivity index (χ1v) is 6.76. The zero-order valence-electron chi connectivity index (χ0n) is 10.7. The third-order valence-electron chi connectivity index (χ3n) is 4.30. The lowest BCUT2D eigenvalue weighted by Gasteiger charge is -2.30. The maximum atomic E-state index is 13.8. The summed E-state index contributed by atoms with van der Waals surface area (Å²) in [6.07, 6.45) is 4.81. The molecule has 1 saturated heterocycles. The number of benzene rings is 1. The molecule has 1 aromatic carbocycles. The van der Waals surface area contributed by atoms with Gasteiger partial charge < -0.3 is 0 Å².